The number of halogens is 3. The van der Waals surface area contributed by atoms with Crippen LogP contribution in [0, 0.1) is 35.2 Å². The number of benzene rings is 3. The van der Waals surface area contributed by atoms with Gasteiger partial charge in [0.1, 0.15) is 11.5 Å². The van der Waals surface area contributed by atoms with Crippen LogP contribution in [0.3, 0.4) is 0 Å². The summed E-state index contributed by atoms with van der Waals surface area (Å²) in [6.45, 7) is -0.0882. The minimum atomic E-state index is -1.60. The van der Waals surface area contributed by atoms with Crippen molar-refractivity contribution in [2.24, 2.45) is 17.8 Å². The lowest BCUT2D eigenvalue weighted by Gasteiger charge is -2.37. The van der Waals surface area contributed by atoms with Crippen molar-refractivity contribution in [3.63, 3.8) is 0 Å². The number of carbonyl (C=O) groups excluding carboxylic acids is 2. The van der Waals surface area contributed by atoms with Gasteiger partial charge in [0, 0.05) is 5.92 Å². The predicted octanol–water partition coefficient (Wildman–Crippen LogP) is 4.83. The average Bonchev–Trinajstić information content (AvgIpc) is 2.85. The second kappa shape index (κ2) is 9.03. The lowest BCUT2D eigenvalue weighted by molar-refractivity contribution is -0.0752. The second-order valence-corrected chi connectivity index (χ2v) is 8.41. The van der Waals surface area contributed by atoms with E-state index in [1.165, 1.54) is 12.2 Å². The molecule has 0 saturated carbocycles. The van der Waals surface area contributed by atoms with E-state index in [4.69, 9.17) is 9.47 Å². The Hall–Kier alpha value is -3.91. The van der Waals surface area contributed by atoms with Crippen molar-refractivity contribution in [1.29, 1.82) is 0 Å². The maximum Gasteiger partial charge on any atom is 0.208 e. The highest BCUT2D eigenvalue weighted by Crippen LogP contribution is 2.40. The van der Waals surface area contributed by atoms with Gasteiger partial charge in [0.2, 0.25) is 6.29 Å². The molecule has 5 rings (SSSR count). The van der Waals surface area contributed by atoms with Gasteiger partial charge < -0.3 is 14.6 Å². The summed E-state index contributed by atoms with van der Waals surface area (Å²) in [5.41, 5.74) is 0.541. The highest BCUT2D eigenvalue weighted by molar-refractivity contribution is 6.04. The fraction of sp³-hybridized carbons (Fsp3) is 0.185. The zero-order valence-corrected chi connectivity index (χ0v) is 18.2. The van der Waals surface area contributed by atoms with E-state index in [0.717, 1.165) is 12.1 Å². The number of aliphatic hydroxyl groups is 1. The van der Waals surface area contributed by atoms with Gasteiger partial charge in [-0.2, -0.15) is 0 Å². The molecule has 35 heavy (non-hydrogen) atoms. The van der Waals surface area contributed by atoms with Crippen LogP contribution in [0.2, 0.25) is 0 Å². The Bertz CT molecular complexity index is 1330. The van der Waals surface area contributed by atoms with Crippen molar-refractivity contribution in [1.82, 2.24) is 0 Å². The zero-order valence-electron chi connectivity index (χ0n) is 18.2. The number of ether oxygens (including phenoxy) is 2. The van der Waals surface area contributed by atoms with E-state index in [0.29, 0.717) is 11.3 Å². The average molecular weight is 480 g/mol. The van der Waals surface area contributed by atoms with E-state index < -0.39 is 47.3 Å². The topological polar surface area (TPSA) is 72.8 Å². The molecule has 3 aromatic carbocycles. The summed E-state index contributed by atoms with van der Waals surface area (Å²) in [6.07, 6.45) is 1.11. The van der Waals surface area contributed by atoms with Gasteiger partial charge in [0.05, 0.1) is 29.6 Å². The highest BCUT2D eigenvalue weighted by Gasteiger charge is 2.46. The molecule has 0 fully saturated rings. The maximum atomic E-state index is 13.8. The molecule has 0 radical (unpaired) electrons. The lowest BCUT2D eigenvalue weighted by atomic mass is 9.73. The molecule has 2 aliphatic heterocycles. The predicted molar refractivity (Wildman–Crippen MR) is 119 cm³/mol. The molecule has 0 aromatic heterocycles. The van der Waals surface area contributed by atoms with Crippen LogP contribution >= 0.6 is 0 Å². The van der Waals surface area contributed by atoms with Crippen LogP contribution in [-0.2, 0) is 0 Å². The van der Waals surface area contributed by atoms with Crippen LogP contribution in [0.25, 0.3) is 6.08 Å². The first-order valence-electron chi connectivity index (χ1n) is 10.9. The first kappa shape index (κ1) is 22.9. The van der Waals surface area contributed by atoms with Crippen molar-refractivity contribution < 1.29 is 37.3 Å². The molecule has 5 nitrogen and oxygen atoms in total. The zero-order chi connectivity index (χ0) is 24.7. The minimum absolute atomic E-state index is 0.0185. The Morgan fingerprint density at radius 1 is 0.886 bits per heavy atom. The number of fused-ring (bicyclic) bond motifs is 2. The standard InChI is InChI=1S/C27H19F3O5/c28-19-11-14(12-20(29)24(19)30)9-10-15(18-13-34-21-7-3-1-5-16(21)25(18)31)23-26(32)17-6-2-4-8-22(17)35-27(23)33/h1-12,15,18,23,27,33H,13H2. The summed E-state index contributed by atoms with van der Waals surface area (Å²) in [4.78, 5) is 26.8. The molecule has 0 amide bonds. The molecule has 0 bridgehead atoms. The number of hydrogen-bond acceptors (Lipinski definition) is 5. The van der Waals surface area contributed by atoms with Gasteiger partial charge in [-0.3, -0.25) is 9.59 Å². The van der Waals surface area contributed by atoms with Crippen molar-refractivity contribution in [3.8, 4) is 11.5 Å². The third kappa shape index (κ3) is 4.10. The Balaban J connectivity index is 1.57. The number of para-hydroxylation sites is 2. The highest BCUT2D eigenvalue weighted by atomic mass is 19.2. The van der Waals surface area contributed by atoms with E-state index in [9.17, 15) is 27.9 Å². The molecule has 3 aromatic rings. The van der Waals surface area contributed by atoms with E-state index in [1.807, 2.05) is 0 Å². The number of rotatable bonds is 4. The fourth-order valence-electron chi connectivity index (χ4n) is 4.58. The molecule has 4 atom stereocenters. The molecule has 0 spiro atoms. The molecule has 8 heteroatoms. The van der Waals surface area contributed by atoms with E-state index in [1.54, 1.807) is 48.5 Å². The van der Waals surface area contributed by atoms with Gasteiger partial charge in [-0.1, -0.05) is 36.4 Å². The summed E-state index contributed by atoms with van der Waals surface area (Å²) in [5, 5.41) is 10.8. The van der Waals surface area contributed by atoms with Gasteiger partial charge >= 0.3 is 0 Å². The van der Waals surface area contributed by atoms with Gasteiger partial charge in [-0.05, 0) is 42.0 Å². The number of hydrogen-bond donors (Lipinski definition) is 1. The van der Waals surface area contributed by atoms with Gasteiger partial charge in [0.25, 0.3) is 0 Å². The third-order valence-corrected chi connectivity index (χ3v) is 6.31. The molecule has 178 valence electrons. The maximum absolute atomic E-state index is 13.8. The smallest absolute Gasteiger partial charge is 0.208 e. The quantitative estimate of drug-likeness (QED) is 0.542. The minimum Gasteiger partial charge on any atom is -0.492 e. The Labute approximate surface area is 198 Å². The summed E-state index contributed by atoms with van der Waals surface area (Å²) in [6, 6.07) is 14.6. The second-order valence-electron chi connectivity index (χ2n) is 8.41. The summed E-state index contributed by atoms with van der Waals surface area (Å²) in [5.74, 6) is -7.59. The van der Waals surface area contributed by atoms with Crippen LogP contribution in [0.1, 0.15) is 26.3 Å². The van der Waals surface area contributed by atoms with Crippen LogP contribution in [0.4, 0.5) is 13.2 Å². The van der Waals surface area contributed by atoms with E-state index in [2.05, 4.69) is 0 Å². The van der Waals surface area contributed by atoms with Crippen LogP contribution < -0.4 is 9.47 Å². The molecule has 2 heterocycles. The summed E-state index contributed by atoms with van der Waals surface area (Å²) < 4.78 is 52.2. The number of aliphatic hydroxyl groups excluding tert-OH is 1. The van der Waals surface area contributed by atoms with Gasteiger partial charge in [-0.25, -0.2) is 13.2 Å². The first-order valence-corrected chi connectivity index (χ1v) is 10.9. The molecular formula is C27H19F3O5. The number of allylic oxidation sites excluding steroid dienone is 1. The molecular weight excluding hydrogens is 461 g/mol. The van der Waals surface area contributed by atoms with E-state index >= 15 is 0 Å². The lowest BCUT2D eigenvalue weighted by Crippen LogP contribution is -2.47. The molecule has 1 N–H and O–H groups in total. The van der Waals surface area contributed by atoms with Crippen LogP contribution in [0.5, 0.6) is 11.5 Å². The number of Topliss-reactive ketones (excluding diaryl/α,β-unsaturated/α-hetero) is 2. The van der Waals surface area contributed by atoms with Gasteiger partial charge in [-0.15, -0.1) is 0 Å². The van der Waals surface area contributed by atoms with Crippen molar-refractivity contribution >= 4 is 17.6 Å². The van der Waals surface area contributed by atoms with Crippen molar-refractivity contribution in [2.75, 3.05) is 6.61 Å². The molecule has 2 aliphatic rings. The van der Waals surface area contributed by atoms with Crippen molar-refractivity contribution in [3.05, 3.63) is 101 Å². The number of carbonyl (C=O) groups is 2. The normalized spacial score (nSPS) is 22.2. The molecule has 0 saturated heterocycles. The molecule has 0 aliphatic carbocycles. The molecule has 4 unspecified atom stereocenters. The fourth-order valence-corrected chi connectivity index (χ4v) is 4.58. The van der Waals surface area contributed by atoms with Crippen LogP contribution in [0.15, 0.2) is 66.7 Å². The largest absolute Gasteiger partial charge is 0.492 e. The monoisotopic (exact) mass is 480 g/mol. The first-order chi connectivity index (χ1) is 16.8. The Morgan fingerprint density at radius 2 is 1.49 bits per heavy atom. The third-order valence-electron chi connectivity index (χ3n) is 6.31. The Kier molecular flexibility index (Phi) is 5.90. The van der Waals surface area contributed by atoms with Gasteiger partial charge in [0.15, 0.2) is 29.0 Å². The number of ketones is 2. The summed E-state index contributed by atoms with van der Waals surface area (Å²) >= 11 is 0. The summed E-state index contributed by atoms with van der Waals surface area (Å²) in [7, 11) is 0. The van der Waals surface area contributed by atoms with Crippen LogP contribution in [-0.4, -0.2) is 29.6 Å². The van der Waals surface area contributed by atoms with Crippen molar-refractivity contribution in [2.45, 2.75) is 6.29 Å². The SMILES string of the molecule is O=C1c2ccccc2OCC1C(C=Cc1cc(F)c(F)c(F)c1)C1C(=O)c2ccccc2OC1O. The van der Waals surface area contributed by atoms with E-state index in [-0.39, 0.29) is 29.3 Å². The Morgan fingerprint density at radius 3 is 2.17 bits per heavy atom.